The topological polar surface area (TPSA) is 103 Å². The lowest BCUT2D eigenvalue weighted by atomic mass is 9.90. The summed E-state index contributed by atoms with van der Waals surface area (Å²) >= 11 is 0. The summed E-state index contributed by atoms with van der Waals surface area (Å²) in [4.78, 5) is 13.0. The van der Waals surface area contributed by atoms with Crippen LogP contribution in [-0.4, -0.2) is 49.0 Å². The Morgan fingerprint density at radius 3 is 2.93 bits per heavy atom. The van der Waals surface area contributed by atoms with E-state index in [1.54, 1.807) is 23.0 Å². The standard InChI is InChI=1S/C19H21FN8O/c1-27-10-12(7-22-27)14-8-21-9-15(14)19(29)23-13-4-5-16(20)17(6-13)28-18(11-2-3-11)24-25-26-28/h4-7,10-11,14-15,21H,2-3,8-9H2,1H3,(H,23,29)/t14-,15+/m1/s1. The summed E-state index contributed by atoms with van der Waals surface area (Å²) in [5.74, 6) is 0.192. The van der Waals surface area contributed by atoms with Crippen molar-refractivity contribution in [2.45, 2.75) is 24.7 Å². The largest absolute Gasteiger partial charge is 0.326 e. The first kappa shape index (κ1) is 17.9. The predicted octanol–water partition coefficient (Wildman–Crippen LogP) is 1.35. The van der Waals surface area contributed by atoms with Gasteiger partial charge in [0.25, 0.3) is 0 Å². The van der Waals surface area contributed by atoms with Gasteiger partial charge in [0.2, 0.25) is 5.91 Å². The van der Waals surface area contributed by atoms with E-state index in [1.165, 1.54) is 10.7 Å². The van der Waals surface area contributed by atoms with Gasteiger partial charge in [-0.1, -0.05) is 0 Å². The molecule has 0 bridgehead atoms. The van der Waals surface area contributed by atoms with E-state index in [-0.39, 0.29) is 29.3 Å². The lowest BCUT2D eigenvalue weighted by Crippen LogP contribution is -2.28. The summed E-state index contributed by atoms with van der Waals surface area (Å²) in [7, 11) is 1.86. The van der Waals surface area contributed by atoms with Crippen LogP contribution in [0.1, 0.15) is 36.1 Å². The van der Waals surface area contributed by atoms with Crippen LogP contribution in [0.15, 0.2) is 30.6 Å². The maximum absolute atomic E-state index is 14.5. The average molecular weight is 396 g/mol. The Labute approximate surface area is 166 Å². The van der Waals surface area contributed by atoms with Crippen LogP contribution >= 0.6 is 0 Å². The first-order valence-corrected chi connectivity index (χ1v) is 9.68. The zero-order valence-electron chi connectivity index (χ0n) is 15.9. The number of rotatable bonds is 5. The number of amides is 1. The minimum absolute atomic E-state index is 0.0459. The van der Waals surface area contributed by atoms with Crippen molar-refractivity contribution >= 4 is 11.6 Å². The molecular formula is C19H21FN8O. The normalized spacial score (nSPS) is 21.4. The molecule has 1 amide bonds. The number of anilines is 1. The second-order valence-electron chi connectivity index (χ2n) is 7.70. The molecule has 2 fully saturated rings. The quantitative estimate of drug-likeness (QED) is 0.675. The van der Waals surface area contributed by atoms with Crippen molar-refractivity contribution in [2.75, 3.05) is 18.4 Å². The van der Waals surface area contributed by atoms with Crippen LogP contribution in [0.4, 0.5) is 10.1 Å². The molecule has 1 saturated heterocycles. The number of carbonyl (C=O) groups is 1. The second kappa shape index (κ2) is 7.03. The molecule has 2 aliphatic rings. The van der Waals surface area contributed by atoms with Gasteiger partial charge in [-0.2, -0.15) is 9.78 Å². The van der Waals surface area contributed by atoms with Crippen LogP contribution in [0, 0.1) is 11.7 Å². The third kappa shape index (κ3) is 3.39. The summed E-state index contributed by atoms with van der Waals surface area (Å²) in [6, 6.07) is 4.46. The van der Waals surface area contributed by atoms with Crippen molar-refractivity contribution in [1.82, 2.24) is 35.3 Å². The molecule has 0 unspecified atom stereocenters. The molecule has 1 aliphatic heterocycles. The van der Waals surface area contributed by atoms with E-state index in [0.29, 0.717) is 24.6 Å². The lowest BCUT2D eigenvalue weighted by Gasteiger charge is -2.17. The van der Waals surface area contributed by atoms with E-state index in [1.807, 2.05) is 13.2 Å². The van der Waals surface area contributed by atoms with Gasteiger partial charge in [0.15, 0.2) is 5.82 Å². The minimum atomic E-state index is -0.437. The predicted molar refractivity (Wildman–Crippen MR) is 102 cm³/mol. The summed E-state index contributed by atoms with van der Waals surface area (Å²) < 4.78 is 17.6. The number of hydrogen-bond acceptors (Lipinski definition) is 6. The molecule has 10 heteroatoms. The van der Waals surface area contributed by atoms with Gasteiger partial charge >= 0.3 is 0 Å². The molecule has 2 N–H and O–H groups in total. The SMILES string of the molecule is Cn1cc([C@H]2CNC[C@@H]2C(=O)Nc2ccc(F)c(-n3nnnc3C3CC3)c2)cn1. The zero-order valence-corrected chi connectivity index (χ0v) is 15.9. The van der Waals surface area contributed by atoms with Crippen LogP contribution in [0.3, 0.4) is 0 Å². The Morgan fingerprint density at radius 1 is 1.31 bits per heavy atom. The second-order valence-corrected chi connectivity index (χ2v) is 7.70. The highest BCUT2D eigenvalue weighted by Gasteiger charge is 2.35. The molecule has 1 aliphatic carbocycles. The lowest BCUT2D eigenvalue weighted by molar-refractivity contribution is -0.119. The molecule has 2 aromatic heterocycles. The molecular weight excluding hydrogens is 375 g/mol. The third-order valence-corrected chi connectivity index (χ3v) is 5.58. The van der Waals surface area contributed by atoms with Crippen LogP contribution < -0.4 is 10.6 Å². The van der Waals surface area contributed by atoms with E-state index in [0.717, 1.165) is 18.4 Å². The number of benzene rings is 1. The molecule has 5 rings (SSSR count). The highest BCUT2D eigenvalue weighted by molar-refractivity contribution is 5.94. The molecule has 150 valence electrons. The fraction of sp³-hybridized carbons (Fsp3) is 0.421. The Hall–Kier alpha value is -3.14. The summed E-state index contributed by atoms with van der Waals surface area (Å²) in [6.07, 6.45) is 5.74. The number of hydrogen-bond donors (Lipinski definition) is 2. The van der Waals surface area contributed by atoms with Crippen LogP contribution in [0.5, 0.6) is 0 Å². The van der Waals surface area contributed by atoms with E-state index < -0.39 is 5.82 Å². The number of halogens is 1. The van der Waals surface area contributed by atoms with Gasteiger partial charge in [-0.05, 0) is 47.0 Å². The van der Waals surface area contributed by atoms with E-state index in [4.69, 9.17) is 0 Å². The van der Waals surface area contributed by atoms with Crippen molar-refractivity contribution in [2.24, 2.45) is 13.0 Å². The Morgan fingerprint density at radius 2 is 2.17 bits per heavy atom. The van der Waals surface area contributed by atoms with Gasteiger partial charge in [-0.3, -0.25) is 9.48 Å². The van der Waals surface area contributed by atoms with Crippen molar-refractivity contribution in [3.8, 4) is 5.69 Å². The van der Waals surface area contributed by atoms with E-state index >= 15 is 0 Å². The molecule has 2 atom stereocenters. The molecule has 1 saturated carbocycles. The number of aryl methyl sites for hydroxylation is 1. The van der Waals surface area contributed by atoms with E-state index in [2.05, 4.69) is 31.3 Å². The van der Waals surface area contributed by atoms with Gasteiger partial charge in [-0.15, -0.1) is 5.10 Å². The summed E-state index contributed by atoms with van der Waals surface area (Å²) in [6.45, 7) is 1.30. The molecule has 1 aromatic carbocycles. The molecule has 3 aromatic rings. The Kier molecular flexibility index (Phi) is 4.35. The molecule has 3 heterocycles. The summed E-state index contributed by atoms with van der Waals surface area (Å²) in [5, 5.41) is 22.1. The van der Waals surface area contributed by atoms with Crippen LogP contribution in [0.2, 0.25) is 0 Å². The van der Waals surface area contributed by atoms with Crippen molar-refractivity contribution in [1.29, 1.82) is 0 Å². The summed E-state index contributed by atoms with van der Waals surface area (Å²) in [5.41, 5.74) is 1.78. The van der Waals surface area contributed by atoms with Crippen molar-refractivity contribution in [3.63, 3.8) is 0 Å². The molecule has 9 nitrogen and oxygen atoms in total. The Bertz CT molecular complexity index is 1060. The average Bonchev–Trinajstić information content (AvgIpc) is 3.11. The fourth-order valence-corrected chi connectivity index (χ4v) is 3.89. The fourth-order valence-electron chi connectivity index (χ4n) is 3.89. The monoisotopic (exact) mass is 396 g/mol. The van der Waals surface area contributed by atoms with Crippen LogP contribution in [0.25, 0.3) is 5.69 Å². The zero-order chi connectivity index (χ0) is 20.0. The smallest absolute Gasteiger partial charge is 0.229 e. The molecule has 0 spiro atoms. The van der Waals surface area contributed by atoms with Gasteiger partial charge < -0.3 is 10.6 Å². The number of aromatic nitrogens is 6. The number of nitrogens with one attached hydrogen (secondary N) is 2. The maximum atomic E-state index is 14.5. The third-order valence-electron chi connectivity index (χ3n) is 5.58. The van der Waals surface area contributed by atoms with E-state index in [9.17, 15) is 9.18 Å². The Balaban J connectivity index is 1.37. The van der Waals surface area contributed by atoms with Gasteiger partial charge in [0.05, 0.1) is 12.1 Å². The number of carbonyl (C=O) groups excluding carboxylic acids is 1. The van der Waals surface area contributed by atoms with Crippen molar-refractivity contribution < 1.29 is 9.18 Å². The minimum Gasteiger partial charge on any atom is -0.326 e. The highest BCUT2D eigenvalue weighted by atomic mass is 19.1. The first-order chi connectivity index (χ1) is 14.1. The number of nitrogens with zero attached hydrogens (tertiary/aromatic N) is 6. The molecule has 29 heavy (non-hydrogen) atoms. The van der Waals surface area contributed by atoms with Gasteiger partial charge in [0, 0.05) is 43.9 Å². The van der Waals surface area contributed by atoms with Gasteiger partial charge in [0.1, 0.15) is 11.5 Å². The van der Waals surface area contributed by atoms with Crippen molar-refractivity contribution in [3.05, 3.63) is 47.8 Å². The number of tetrazole rings is 1. The van der Waals surface area contributed by atoms with Gasteiger partial charge in [-0.25, -0.2) is 4.39 Å². The van der Waals surface area contributed by atoms with Crippen LogP contribution in [-0.2, 0) is 11.8 Å². The first-order valence-electron chi connectivity index (χ1n) is 9.68. The highest BCUT2D eigenvalue weighted by Crippen LogP contribution is 2.39. The maximum Gasteiger partial charge on any atom is 0.229 e. The molecule has 0 radical (unpaired) electrons.